The van der Waals surface area contributed by atoms with Gasteiger partial charge in [-0.2, -0.15) is 0 Å². The van der Waals surface area contributed by atoms with Crippen LogP contribution in [0.4, 0.5) is 10.1 Å². The maximum atomic E-state index is 12.9. The van der Waals surface area contributed by atoms with Crippen LogP contribution in [0.15, 0.2) is 53.4 Å². The molecule has 158 valence electrons. The standard InChI is InChI=1S/C21H22FN3O4S/c1-13(29-17-7-3-15(22)4-8-17)20(27)23-24-21(28)14-11-19(26)25(12-14)16-5-9-18(30-2)10-6-16/h3-10,13-14H,11-12H2,1-2H3,(H,23,27)(H,24,28). The Morgan fingerprint density at radius 3 is 2.43 bits per heavy atom. The van der Waals surface area contributed by atoms with E-state index in [4.69, 9.17) is 4.74 Å². The summed E-state index contributed by atoms with van der Waals surface area (Å²) in [6, 6.07) is 12.8. The van der Waals surface area contributed by atoms with Crippen LogP contribution in [-0.4, -0.2) is 36.6 Å². The van der Waals surface area contributed by atoms with Crippen LogP contribution in [0.25, 0.3) is 0 Å². The third-order valence-corrected chi connectivity index (χ3v) is 5.43. The van der Waals surface area contributed by atoms with Gasteiger partial charge in [-0.15, -0.1) is 11.8 Å². The summed E-state index contributed by atoms with van der Waals surface area (Å²) in [6.07, 6.45) is 1.12. The highest BCUT2D eigenvalue weighted by atomic mass is 32.2. The fourth-order valence-corrected chi connectivity index (χ4v) is 3.40. The number of nitrogens with one attached hydrogen (secondary N) is 2. The highest BCUT2D eigenvalue weighted by Crippen LogP contribution is 2.27. The van der Waals surface area contributed by atoms with Crippen molar-refractivity contribution < 1.29 is 23.5 Å². The van der Waals surface area contributed by atoms with Gasteiger partial charge in [-0.3, -0.25) is 25.2 Å². The summed E-state index contributed by atoms with van der Waals surface area (Å²) in [6.45, 7) is 1.74. The zero-order chi connectivity index (χ0) is 21.7. The van der Waals surface area contributed by atoms with Crippen LogP contribution >= 0.6 is 11.8 Å². The number of hydrogen-bond acceptors (Lipinski definition) is 5. The fourth-order valence-electron chi connectivity index (χ4n) is 2.99. The SMILES string of the molecule is CSc1ccc(N2CC(C(=O)NNC(=O)C(C)Oc3ccc(F)cc3)CC2=O)cc1. The second-order valence-corrected chi connectivity index (χ2v) is 7.68. The topological polar surface area (TPSA) is 87.7 Å². The number of hydrazine groups is 1. The Bertz CT molecular complexity index is 921. The molecule has 2 N–H and O–H groups in total. The molecular weight excluding hydrogens is 409 g/mol. The van der Waals surface area contributed by atoms with Crippen molar-refractivity contribution in [2.24, 2.45) is 5.92 Å². The summed E-state index contributed by atoms with van der Waals surface area (Å²) in [7, 11) is 0. The second kappa shape index (κ2) is 9.62. The second-order valence-electron chi connectivity index (χ2n) is 6.80. The number of ether oxygens (including phenoxy) is 1. The van der Waals surface area contributed by atoms with Crippen LogP contribution in [0.2, 0.25) is 0 Å². The molecule has 30 heavy (non-hydrogen) atoms. The molecule has 0 saturated carbocycles. The van der Waals surface area contributed by atoms with Crippen LogP contribution in [0, 0.1) is 11.7 Å². The van der Waals surface area contributed by atoms with Crippen LogP contribution < -0.4 is 20.5 Å². The first-order valence-electron chi connectivity index (χ1n) is 9.33. The number of rotatable bonds is 6. The van der Waals surface area contributed by atoms with Crippen molar-refractivity contribution in [3.8, 4) is 5.75 Å². The lowest BCUT2D eigenvalue weighted by molar-refractivity contribution is -0.134. The molecule has 3 rings (SSSR count). The predicted octanol–water partition coefficient (Wildman–Crippen LogP) is 2.52. The van der Waals surface area contributed by atoms with Gasteiger partial charge in [0.2, 0.25) is 11.8 Å². The van der Waals surface area contributed by atoms with Crippen molar-refractivity contribution >= 4 is 35.2 Å². The van der Waals surface area contributed by atoms with E-state index in [1.807, 2.05) is 30.5 Å². The van der Waals surface area contributed by atoms with Gasteiger partial charge in [0, 0.05) is 23.5 Å². The van der Waals surface area contributed by atoms with E-state index in [0.717, 1.165) is 10.6 Å². The number of carbonyl (C=O) groups is 3. The van der Waals surface area contributed by atoms with Crippen molar-refractivity contribution in [2.45, 2.75) is 24.3 Å². The first-order valence-corrected chi connectivity index (χ1v) is 10.6. The van der Waals surface area contributed by atoms with Crippen LogP contribution in [-0.2, 0) is 14.4 Å². The highest BCUT2D eigenvalue weighted by Gasteiger charge is 2.35. The van der Waals surface area contributed by atoms with E-state index in [2.05, 4.69) is 10.9 Å². The molecule has 0 spiro atoms. The molecule has 1 aliphatic rings. The van der Waals surface area contributed by atoms with Gasteiger partial charge in [-0.05, 0) is 61.7 Å². The molecule has 0 aromatic heterocycles. The van der Waals surface area contributed by atoms with Gasteiger partial charge in [0.05, 0.1) is 5.92 Å². The molecule has 1 saturated heterocycles. The lowest BCUT2D eigenvalue weighted by Crippen LogP contribution is -2.49. The number of thioether (sulfide) groups is 1. The monoisotopic (exact) mass is 431 g/mol. The number of anilines is 1. The lowest BCUT2D eigenvalue weighted by atomic mass is 10.1. The molecule has 1 aliphatic heterocycles. The highest BCUT2D eigenvalue weighted by molar-refractivity contribution is 7.98. The molecule has 0 radical (unpaired) electrons. The first-order chi connectivity index (χ1) is 14.4. The molecule has 2 atom stereocenters. The maximum absolute atomic E-state index is 12.9. The Morgan fingerprint density at radius 1 is 1.13 bits per heavy atom. The summed E-state index contributed by atoms with van der Waals surface area (Å²) in [5, 5.41) is 0. The van der Waals surface area contributed by atoms with Crippen LogP contribution in [0.5, 0.6) is 5.75 Å². The number of halogens is 1. The Labute approximate surface area is 177 Å². The number of carbonyl (C=O) groups excluding carboxylic acids is 3. The number of benzene rings is 2. The van der Waals surface area contributed by atoms with Crippen molar-refractivity contribution in [1.29, 1.82) is 0 Å². The van der Waals surface area contributed by atoms with Gasteiger partial charge in [0.25, 0.3) is 5.91 Å². The van der Waals surface area contributed by atoms with Gasteiger partial charge in [0.1, 0.15) is 11.6 Å². The van der Waals surface area contributed by atoms with Crippen molar-refractivity contribution in [2.75, 3.05) is 17.7 Å². The summed E-state index contributed by atoms with van der Waals surface area (Å²) >= 11 is 1.60. The van der Waals surface area contributed by atoms with E-state index in [1.165, 1.54) is 31.2 Å². The molecule has 2 unspecified atom stereocenters. The first kappa shape index (κ1) is 21.6. The van der Waals surface area contributed by atoms with Gasteiger partial charge >= 0.3 is 0 Å². The zero-order valence-electron chi connectivity index (χ0n) is 16.6. The van der Waals surface area contributed by atoms with Crippen LogP contribution in [0.3, 0.4) is 0 Å². The average molecular weight is 431 g/mol. The third-order valence-electron chi connectivity index (χ3n) is 4.68. The van der Waals surface area contributed by atoms with Crippen LogP contribution in [0.1, 0.15) is 13.3 Å². The molecule has 1 heterocycles. The van der Waals surface area contributed by atoms with Gasteiger partial charge in [0.15, 0.2) is 6.10 Å². The number of hydrogen-bond donors (Lipinski definition) is 2. The van der Waals surface area contributed by atoms with Crippen molar-refractivity contribution in [3.63, 3.8) is 0 Å². The molecule has 9 heteroatoms. The summed E-state index contributed by atoms with van der Waals surface area (Å²) in [4.78, 5) is 39.5. The molecule has 2 aromatic carbocycles. The van der Waals surface area contributed by atoms with Crippen molar-refractivity contribution in [1.82, 2.24) is 10.9 Å². The van der Waals surface area contributed by atoms with Gasteiger partial charge in [-0.25, -0.2) is 4.39 Å². The third kappa shape index (κ3) is 5.29. The Hall–Kier alpha value is -3.07. The minimum Gasteiger partial charge on any atom is -0.481 e. The van der Waals surface area contributed by atoms with Gasteiger partial charge < -0.3 is 9.64 Å². The Kier molecular flexibility index (Phi) is 6.94. The van der Waals surface area contributed by atoms with E-state index in [9.17, 15) is 18.8 Å². The Balaban J connectivity index is 1.50. The number of nitrogens with zero attached hydrogens (tertiary/aromatic N) is 1. The zero-order valence-corrected chi connectivity index (χ0v) is 17.4. The average Bonchev–Trinajstić information content (AvgIpc) is 3.15. The minimum absolute atomic E-state index is 0.0631. The fraction of sp³-hybridized carbons (Fsp3) is 0.286. The van der Waals surface area contributed by atoms with E-state index in [-0.39, 0.29) is 18.9 Å². The molecule has 1 fully saturated rings. The van der Waals surface area contributed by atoms with E-state index < -0.39 is 29.7 Å². The Morgan fingerprint density at radius 2 is 1.80 bits per heavy atom. The molecule has 7 nitrogen and oxygen atoms in total. The normalized spacial score (nSPS) is 16.8. The summed E-state index contributed by atoms with van der Waals surface area (Å²) < 4.78 is 18.3. The number of amides is 3. The summed E-state index contributed by atoms with van der Waals surface area (Å²) in [5.74, 6) is -1.82. The molecule has 2 aromatic rings. The van der Waals surface area contributed by atoms with Gasteiger partial charge in [-0.1, -0.05) is 0 Å². The maximum Gasteiger partial charge on any atom is 0.279 e. The molecule has 0 bridgehead atoms. The smallest absolute Gasteiger partial charge is 0.279 e. The van der Waals surface area contributed by atoms with Crippen molar-refractivity contribution in [3.05, 3.63) is 54.3 Å². The van der Waals surface area contributed by atoms with E-state index >= 15 is 0 Å². The predicted molar refractivity (Wildman–Crippen MR) is 111 cm³/mol. The molecule has 3 amide bonds. The minimum atomic E-state index is -0.910. The quantitative estimate of drug-likeness (QED) is 0.542. The van der Waals surface area contributed by atoms with E-state index in [1.54, 1.807) is 16.7 Å². The molecular formula is C21H22FN3O4S. The largest absolute Gasteiger partial charge is 0.481 e. The lowest BCUT2D eigenvalue weighted by Gasteiger charge is -2.18. The summed E-state index contributed by atoms with van der Waals surface area (Å²) in [5.41, 5.74) is 5.39. The van der Waals surface area contributed by atoms with E-state index in [0.29, 0.717) is 5.75 Å². The molecule has 0 aliphatic carbocycles.